The summed E-state index contributed by atoms with van der Waals surface area (Å²) in [4.78, 5) is 25.9. The molecule has 1 saturated carbocycles. The molecule has 0 aromatic heterocycles. The number of carbonyl (C=O) groups is 2. The topological polar surface area (TPSA) is 72.6 Å². The smallest absolute Gasteiger partial charge is 0.253 e. The number of carbonyl (C=O) groups excluding carboxylic acids is 2. The van der Waals surface area contributed by atoms with Gasteiger partial charge >= 0.3 is 0 Å². The molecule has 1 saturated heterocycles. The van der Waals surface area contributed by atoms with Gasteiger partial charge < -0.3 is 15.4 Å². The van der Waals surface area contributed by atoms with E-state index in [-0.39, 0.29) is 49.9 Å². The van der Waals surface area contributed by atoms with Crippen molar-refractivity contribution < 1.29 is 31.9 Å². The number of likely N-dealkylation sites (tertiary alicyclic amines) is 1. The van der Waals surface area contributed by atoms with Gasteiger partial charge in [-0.2, -0.15) is 0 Å². The van der Waals surface area contributed by atoms with Crippen molar-refractivity contribution in [1.82, 2.24) is 4.90 Å². The number of nitrogens with two attached hydrogens (primary N) is 1. The Morgan fingerprint density at radius 1 is 0.846 bits per heavy atom. The molecule has 1 aliphatic heterocycles. The van der Waals surface area contributed by atoms with Crippen molar-refractivity contribution in [1.29, 1.82) is 0 Å². The molecule has 0 unspecified atom stereocenters. The standard InChI is InChI=1S/C30H28F4N2O3/c31-22-6-7-23(25(32)18-22)24-17-21(5-8-26(24)39-16-13-29(9-10-29)28(35)38)19-1-3-20(4-2-19)27(37)36-14-11-30(33,34)12-15-36/h1-8,17-18H,9-16H2,(H2,35,38). The lowest BCUT2D eigenvalue weighted by molar-refractivity contribution is -0.123. The maximum Gasteiger partial charge on any atom is 0.253 e. The molecule has 1 heterocycles. The van der Waals surface area contributed by atoms with Gasteiger partial charge in [0, 0.05) is 48.7 Å². The van der Waals surface area contributed by atoms with E-state index in [0.29, 0.717) is 41.7 Å². The minimum absolute atomic E-state index is 0.00218. The average Bonchev–Trinajstić information content (AvgIpc) is 3.70. The Morgan fingerprint density at radius 3 is 2.13 bits per heavy atom. The van der Waals surface area contributed by atoms with Crippen LogP contribution in [0.15, 0.2) is 60.7 Å². The molecule has 0 radical (unpaired) electrons. The van der Waals surface area contributed by atoms with Crippen LogP contribution in [0.5, 0.6) is 5.75 Å². The largest absolute Gasteiger partial charge is 0.493 e. The lowest BCUT2D eigenvalue weighted by Crippen LogP contribution is -2.42. The fraction of sp³-hybridized carbons (Fsp3) is 0.333. The van der Waals surface area contributed by atoms with Gasteiger partial charge in [0.25, 0.3) is 11.8 Å². The van der Waals surface area contributed by atoms with Crippen molar-refractivity contribution in [3.63, 3.8) is 0 Å². The lowest BCUT2D eigenvalue weighted by Gasteiger charge is -2.31. The summed E-state index contributed by atoms with van der Waals surface area (Å²) in [6, 6.07) is 15.2. The molecule has 9 heteroatoms. The van der Waals surface area contributed by atoms with Gasteiger partial charge in [0.15, 0.2) is 0 Å². The Labute approximate surface area is 223 Å². The van der Waals surface area contributed by atoms with E-state index in [1.807, 2.05) is 0 Å². The quantitative estimate of drug-likeness (QED) is 0.346. The van der Waals surface area contributed by atoms with Crippen LogP contribution in [-0.4, -0.2) is 42.3 Å². The number of primary amides is 1. The molecule has 0 spiro atoms. The first kappa shape index (κ1) is 26.7. The first-order valence-corrected chi connectivity index (χ1v) is 12.9. The molecule has 5 rings (SSSR count). The lowest BCUT2D eigenvalue weighted by atomic mass is 9.96. The highest BCUT2D eigenvalue weighted by Crippen LogP contribution is 2.48. The van der Waals surface area contributed by atoms with E-state index in [2.05, 4.69) is 0 Å². The highest BCUT2D eigenvalue weighted by atomic mass is 19.3. The second kappa shape index (κ2) is 10.4. The number of benzene rings is 3. The van der Waals surface area contributed by atoms with Crippen molar-refractivity contribution in [2.24, 2.45) is 11.1 Å². The summed E-state index contributed by atoms with van der Waals surface area (Å²) in [7, 11) is 0. The van der Waals surface area contributed by atoms with Crippen molar-refractivity contribution in [2.45, 2.75) is 38.0 Å². The number of amides is 2. The number of nitrogens with zero attached hydrogens (tertiary/aromatic N) is 1. The number of ether oxygens (including phenoxy) is 1. The Kier molecular flexibility index (Phi) is 7.09. The van der Waals surface area contributed by atoms with E-state index >= 15 is 0 Å². The highest BCUT2D eigenvalue weighted by molar-refractivity contribution is 5.95. The van der Waals surface area contributed by atoms with Crippen LogP contribution in [0.4, 0.5) is 17.6 Å². The summed E-state index contributed by atoms with van der Waals surface area (Å²) in [6.07, 6.45) is 1.17. The van der Waals surface area contributed by atoms with Crippen LogP contribution in [0.2, 0.25) is 0 Å². The SMILES string of the molecule is NC(=O)C1(CCOc2ccc(-c3ccc(C(=O)N4CCC(F)(F)CC4)cc3)cc2-c2ccc(F)cc2F)CC1. The van der Waals surface area contributed by atoms with Crippen molar-refractivity contribution in [3.8, 4) is 28.0 Å². The minimum atomic E-state index is -2.74. The first-order valence-electron chi connectivity index (χ1n) is 12.9. The molecule has 2 amide bonds. The van der Waals surface area contributed by atoms with Crippen molar-refractivity contribution >= 4 is 11.8 Å². The molecule has 5 nitrogen and oxygen atoms in total. The van der Waals surface area contributed by atoms with Gasteiger partial charge in [-0.25, -0.2) is 17.6 Å². The molecule has 3 aromatic carbocycles. The number of halogens is 4. The Morgan fingerprint density at radius 2 is 1.51 bits per heavy atom. The van der Waals surface area contributed by atoms with Crippen LogP contribution in [0.1, 0.15) is 42.5 Å². The zero-order valence-corrected chi connectivity index (χ0v) is 21.2. The number of alkyl halides is 2. The summed E-state index contributed by atoms with van der Waals surface area (Å²) in [6.45, 7) is 0.210. The zero-order valence-electron chi connectivity index (χ0n) is 21.2. The summed E-state index contributed by atoms with van der Waals surface area (Å²) >= 11 is 0. The predicted octanol–water partition coefficient (Wildman–Crippen LogP) is 6.20. The summed E-state index contributed by atoms with van der Waals surface area (Å²) in [5.74, 6) is -4.48. The van der Waals surface area contributed by atoms with Crippen LogP contribution in [0.25, 0.3) is 22.3 Å². The molecule has 204 valence electrons. The van der Waals surface area contributed by atoms with Crippen LogP contribution in [0, 0.1) is 17.0 Å². The van der Waals surface area contributed by atoms with Gasteiger partial charge in [0.05, 0.1) is 12.0 Å². The minimum Gasteiger partial charge on any atom is -0.493 e. The summed E-state index contributed by atoms with van der Waals surface area (Å²) in [5, 5.41) is 0. The molecule has 2 aliphatic rings. The monoisotopic (exact) mass is 540 g/mol. The normalized spacial score (nSPS) is 17.5. The average molecular weight is 541 g/mol. The van der Waals surface area contributed by atoms with Gasteiger partial charge in [0.2, 0.25) is 5.91 Å². The zero-order chi connectivity index (χ0) is 27.8. The third-order valence-corrected chi connectivity index (χ3v) is 7.66. The molecule has 2 N–H and O–H groups in total. The second-order valence-corrected chi connectivity index (χ2v) is 10.3. The van der Waals surface area contributed by atoms with Crippen LogP contribution in [0.3, 0.4) is 0 Å². The van der Waals surface area contributed by atoms with E-state index in [0.717, 1.165) is 17.7 Å². The van der Waals surface area contributed by atoms with E-state index in [1.54, 1.807) is 42.5 Å². The van der Waals surface area contributed by atoms with Gasteiger partial charge in [0.1, 0.15) is 17.4 Å². The predicted molar refractivity (Wildman–Crippen MR) is 138 cm³/mol. The molecular formula is C30H28F4N2O3. The van der Waals surface area contributed by atoms with Gasteiger partial charge in [-0.15, -0.1) is 0 Å². The fourth-order valence-electron chi connectivity index (χ4n) is 4.91. The molecular weight excluding hydrogens is 512 g/mol. The Hall–Kier alpha value is -3.88. The van der Waals surface area contributed by atoms with Crippen molar-refractivity contribution in [3.05, 3.63) is 77.9 Å². The highest BCUT2D eigenvalue weighted by Gasteiger charge is 2.48. The molecule has 2 fully saturated rings. The third kappa shape index (κ3) is 5.77. The van der Waals surface area contributed by atoms with E-state index in [4.69, 9.17) is 10.5 Å². The van der Waals surface area contributed by atoms with Gasteiger partial charge in [-0.05, 0) is 66.8 Å². The van der Waals surface area contributed by atoms with Crippen LogP contribution < -0.4 is 10.5 Å². The number of rotatable bonds is 8. The number of hydrogen-bond acceptors (Lipinski definition) is 3. The number of hydrogen-bond donors (Lipinski definition) is 1. The van der Waals surface area contributed by atoms with Crippen molar-refractivity contribution in [2.75, 3.05) is 19.7 Å². The molecule has 0 atom stereocenters. The van der Waals surface area contributed by atoms with Gasteiger partial charge in [-0.3, -0.25) is 9.59 Å². The van der Waals surface area contributed by atoms with E-state index in [9.17, 15) is 27.2 Å². The molecule has 3 aromatic rings. The van der Waals surface area contributed by atoms with E-state index in [1.165, 1.54) is 11.0 Å². The second-order valence-electron chi connectivity index (χ2n) is 10.3. The van der Waals surface area contributed by atoms with Gasteiger partial charge in [-0.1, -0.05) is 18.2 Å². The fourth-order valence-corrected chi connectivity index (χ4v) is 4.91. The Balaban J connectivity index is 1.38. The molecule has 39 heavy (non-hydrogen) atoms. The third-order valence-electron chi connectivity index (χ3n) is 7.66. The maximum atomic E-state index is 14.8. The summed E-state index contributed by atoms with van der Waals surface area (Å²) in [5.41, 5.74) is 7.33. The Bertz CT molecular complexity index is 1390. The van der Waals surface area contributed by atoms with E-state index < -0.39 is 23.0 Å². The molecule has 0 bridgehead atoms. The molecule has 1 aliphatic carbocycles. The van der Waals surface area contributed by atoms with Crippen LogP contribution in [-0.2, 0) is 4.79 Å². The summed E-state index contributed by atoms with van der Waals surface area (Å²) < 4.78 is 61.3. The maximum absolute atomic E-state index is 14.8. The first-order chi connectivity index (χ1) is 18.6. The number of piperidine rings is 1. The van der Waals surface area contributed by atoms with Crippen LogP contribution >= 0.6 is 0 Å².